The van der Waals surface area contributed by atoms with Gasteiger partial charge < -0.3 is 5.32 Å². The summed E-state index contributed by atoms with van der Waals surface area (Å²) in [4.78, 5) is 11.6. The quantitative estimate of drug-likeness (QED) is 0.845. The highest BCUT2D eigenvalue weighted by Crippen LogP contribution is 2.41. The van der Waals surface area contributed by atoms with Crippen LogP contribution in [0.25, 0.3) is 11.1 Å². The van der Waals surface area contributed by atoms with Gasteiger partial charge in [-0.15, -0.1) is 0 Å². The van der Waals surface area contributed by atoms with Crippen molar-refractivity contribution >= 4 is 5.91 Å². The number of nitrogens with one attached hydrogen (secondary N) is 1. The highest BCUT2D eigenvalue weighted by Gasteiger charge is 2.26. The molecule has 2 nitrogen and oxygen atoms in total. The zero-order valence-corrected chi connectivity index (χ0v) is 14.0. The summed E-state index contributed by atoms with van der Waals surface area (Å²) >= 11 is 0. The third-order valence-corrected chi connectivity index (χ3v) is 5.23. The Bertz CT molecular complexity index is 657. The van der Waals surface area contributed by atoms with Crippen LogP contribution in [-0.2, 0) is 0 Å². The molecule has 23 heavy (non-hydrogen) atoms. The molecule has 0 aromatic heterocycles. The molecule has 1 saturated carbocycles. The first-order valence-electron chi connectivity index (χ1n) is 8.65. The van der Waals surface area contributed by atoms with E-state index in [-0.39, 0.29) is 5.91 Å². The highest BCUT2D eigenvalue weighted by molar-refractivity contribution is 5.94. The molecule has 2 aromatic carbocycles. The van der Waals surface area contributed by atoms with Crippen molar-refractivity contribution < 1.29 is 4.79 Å². The van der Waals surface area contributed by atoms with Gasteiger partial charge >= 0.3 is 0 Å². The summed E-state index contributed by atoms with van der Waals surface area (Å²) in [6.07, 6.45) is 5.36. The van der Waals surface area contributed by atoms with Crippen molar-refractivity contribution in [2.24, 2.45) is 5.92 Å². The molecule has 0 bridgehead atoms. The summed E-state index contributed by atoms with van der Waals surface area (Å²) in [5.41, 5.74) is 4.55. The molecular weight excluding hydrogens is 282 g/mol. The van der Waals surface area contributed by atoms with E-state index in [9.17, 15) is 4.79 Å². The Hall–Kier alpha value is -2.09. The Morgan fingerprint density at radius 3 is 2.17 bits per heavy atom. The van der Waals surface area contributed by atoms with Gasteiger partial charge in [0.25, 0.3) is 5.91 Å². The van der Waals surface area contributed by atoms with Gasteiger partial charge in [-0.2, -0.15) is 0 Å². The molecule has 1 aliphatic rings. The predicted molar refractivity (Wildman–Crippen MR) is 95.6 cm³/mol. The second kappa shape index (κ2) is 6.99. The van der Waals surface area contributed by atoms with Crippen molar-refractivity contribution in [2.75, 3.05) is 7.05 Å². The predicted octanol–water partition coefficient (Wildman–Crippen LogP) is 5.01. The smallest absolute Gasteiger partial charge is 0.251 e. The lowest BCUT2D eigenvalue weighted by atomic mass is 9.86. The fraction of sp³-hybridized carbons (Fsp3) is 0.381. The zero-order valence-electron chi connectivity index (χ0n) is 14.0. The van der Waals surface area contributed by atoms with E-state index in [1.54, 1.807) is 7.05 Å². The average molecular weight is 307 g/mol. The number of amides is 1. The number of carbonyl (C=O) groups excluding carboxylic acids is 1. The molecule has 0 radical (unpaired) electrons. The Morgan fingerprint density at radius 2 is 1.61 bits per heavy atom. The molecule has 1 amide bonds. The molecule has 0 spiro atoms. The summed E-state index contributed by atoms with van der Waals surface area (Å²) in [7, 11) is 1.65. The van der Waals surface area contributed by atoms with E-state index >= 15 is 0 Å². The summed E-state index contributed by atoms with van der Waals surface area (Å²) in [6, 6.07) is 16.8. The normalized spacial score (nSPS) is 20.4. The fourth-order valence-electron chi connectivity index (χ4n) is 3.85. The van der Waals surface area contributed by atoms with Crippen LogP contribution in [0.2, 0.25) is 0 Å². The van der Waals surface area contributed by atoms with Gasteiger partial charge in [0.05, 0.1) is 0 Å². The zero-order chi connectivity index (χ0) is 16.2. The van der Waals surface area contributed by atoms with E-state index in [4.69, 9.17) is 0 Å². The molecule has 1 aliphatic carbocycles. The second-order valence-electron chi connectivity index (χ2n) is 6.48. The monoisotopic (exact) mass is 307 g/mol. The maximum Gasteiger partial charge on any atom is 0.251 e. The van der Waals surface area contributed by atoms with Gasteiger partial charge in [0.15, 0.2) is 0 Å². The molecule has 2 unspecified atom stereocenters. The summed E-state index contributed by atoms with van der Waals surface area (Å²) < 4.78 is 0. The second-order valence-corrected chi connectivity index (χ2v) is 6.48. The molecular formula is C21H25NO. The molecule has 2 aromatic rings. The highest BCUT2D eigenvalue weighted by atomic mass is 16.1. The minimum absolute atomic E-state index is 0.0428. The summed E-state index contributed by atoms with van der Waals surface area (Å²) in [5, 5.41) is 2.65. The minimum atomic E-state index is -0.0428. The van der Waals surface area contributed by atoms with E-state index in [1.807, 2.05) is 24.3 Å². The van der Waals surface area contributed by atoms with Crippen molar-refractivity contribution in [3.8, 4) is 11.1 Å². The lowest BCUT2D eigenvalue weighted by Gasteiger charge is -2.18. The van der Waals surface area contributed by atoms with Gasteiger partial charge in [-0.3, -0.25) is 4.79 Å². The first kappa shape index (κ1) is 15.8. The van der Waals surface area contributed by atoms with Crippen molar-refractivity contribution in [3.05, 3.63) is 59.7 Å². The number of benzene rings is 2. The molecule has 0 saturated heterocycles. The van der Waals surface area contributed by atoms with E-state index in [0.717, 1.165) is 17.4 Å². The number of hydrogen-bond donors (Lipinski definition) is 1. The van der Waals surface area contributed by atoms with Crippen molar-refractivity contribution in [2.45, 2.75) is 38.5 Å². The third kappa shape index (κ3) is 3.31. The van der Waals surface area contributed by atoms with Crippen LogP contribution in [0.1, 0.15) is 54.4 Å². The van der Waals surface area contributed by atoms with Crippen molar-refractivity contribution in [1.82, 2.24) is 5.32 Å². The molecule has 1 fully saturated rings. The van der Waals surface area contributed by atoms with Gasteiger partial charge in [0, 0.05) is 12.6 Å². The van der Waals surface area contributed by atoms with Crippen molar-refractivity contribution in [3.63, 3.8) is 0 Å². The van der Waals surface area contributed by atoms with Crippen LogP contribution < -0.4 is 5.32 Å². The maximum absolute atomic E-state index is 11.6. The number of rotatable bonds is 4. The van der Waals surface area contributed by atoms with E-state index in [2.05, 4.69) is 36.5 Å². The van der Waals surface area contributed by atoms with Gasteiger partial charge in [-0.25, -0.2) is 0 Å². The van der Waals surface area contributed by atoms with Gasteiger partial charge in [0.1, 0.15) is 0 Å². The lowest BCUT2D eigenvalue weighted by Crippen LogP contribution is -2.17. The first-order valence-corrected chi connectivity index (χ1v) is 8.65. The number of hydrogen-bond acceptors (Lipinski definition) is 1. The summed E-state index contributed by atoms with van der Waals surface area (Å²) in [6.45, 7) is 2.31. The molecule has 0 heterocycles. The molecule has 1 N–H and O–H groups in total. The maximum atomic E-state index is 11.6. The van der Waals surface area contributed by atoms with Crippen LogP contribution in [0.4, 0.5) is 0 Å². The van der Waals surface area contributed by atoms with Crippen molar-refractivity contribution in [1.29, 1.82) is 0 Å². The van der Waals surface area contributed by atoms with Crippen LogP contribution >= 0.6 is 0 Å². The Morgan fingerprint density at radius 1 is 1.00 bits per heavy atom. The fourth-order valence-corrected chi connectivity index (χ4v) is 3.85. The van der Waals surface area contributed by atoms with Crippen LogP contribution in [0.15, 0.2) is 48.5 Å². The molecule has 2 heteroatoms. The molecule has 2 atom stereocenters. The molecule has 3 rings (SSSR count). The standard InChI is InChI=1S/C21H25NO/c1-3-15-5-4-6-20(15)18-11-7-16(8-12-18)17-9-13-19(14-10-17)21(23)22-2/h7-15,20H,3-6H2,1-2H3,(H,22,23). The Kier molecular flexibility index (Phi) is 4.80. The Balaban J connectivity index is 1.78. The van der Waals surface area contributed by atoms with Crippen LogP contribution in [-0.4, -0.2) is 13.0 Å². The molecule has 120 valence electrons. The largest absolute Gasteiger partial charge is 0.355 e. The van der Waals surface area contributed by atoms with Crippen LogP contribution in [0.5, 0.6) is 0 Å². The van der Waals surface area contributed by atoms with E-state index in [1.165, 1.54) is 36.8 Å². The van der Waals surface area contributed by atoms with Gasteiger partial charge in [-0.05, 0) is 53.5 Å². The van der Waals surface area contributed by atoms with Gasteiger partial charge in [-0.1, -0.05) is 56.2 Å². The summed E-state index contributed by atoms with van der Waals surface area (Å²) in [5.74, 6) is 1.55. The SMILES string of the molecule is CCC1CCCC1c1ccc(-c2ccc(C(=O)NC)cc2)cc1. The van der Waals surface area contributed by atoms with E-state index in [0.29, 0.717) is 5.56 Å². The number of carbonyl (C=O) groups is 1. The Labute approximate surface area is 138 Å². The molecule has 0 aliphatic heterocycles. The lowest BCUT2D eigenvalue weighted by molar-refractivity contribution is 0.0963. The van der Waals surface area contributed by atoms with Gasteiger partial charge in [0.2, 0.25) is 0 Å². The average Bonchev–Trinajstić information content (AvgIpc) is 3.10. The topological polar surface area (TPSA) is 29.1 Å². The van der Waals surface area contributed by atoms with E-state index < -0.39 is 0 Å². The minimum Gasteiger partial charge on any atom is -0.355 e. The third-order valence-electron chi connectivity index (χ3n) is 5.23. The van der Waals surface area contributed by atoms with Crippen LogP contribution in [0, 0.1) is 5.92 Å². The first-order chi connectivity index (χ1) is 11.2. The van der Waals surface area contributed by atoms with Crippen LogP contribution in [0.3, 0.4) is 0 Å².